The van der Waals surface area contributed by atoms with Gasteiger partial charge in [-0.2, -0.15) is 4.98 Å². The van der Waals surface area contributed by atoms with Crippen LogP contribution in [0.4, 0.5) is 11.8 Å². The summed E-state index contributed by atoms with van der Waals surface area (Å²) in [6.07, 6.45) is 9.38. The van der Waals surface area contributed by atoms with E-state index < -0.39 is 0 Å². The number of nitrogens with one attached hydrogen (secondary N) is 1. The number of aryl methyl sites for hydroxylation is 1. The lowest BCUT2D eigenvalue weighted by molar-refractivity contribution is 0.0221. The predicted octanol–water partition coefficient (Wildman–Crippen LogP) is 1.98. The van der Waals surface area contributed by atoms with E-state index in [2.05, 4.69) is 39.1 Å². The van der Waals surface area contributed by atoms with Gasteiger partial charge in [-0.05, 0) is 26.3 Å². The number of anilines is 2. The highest BCUT2D eigenvalue weighted by atomic mass is 15.3. The zero-order chi connectivity index (χ0) is 17.0. The summed E-state index contributed by atoms with van der Waals surface area (Å²) >= 11 is 0. The van der Waals surface area contributed by atoms with Gasteiger partial charge in [-0.1, -0.05) is 26.2 Å². The molecule has 0 bridgehead atoms. The van der Waals surface area contributed by atoms with E-state index in [4.69, 9.17) is 5.73 Å². The zero-order valence-electron chi connectivity index (χ0n) is 15.2. The number of nitrogen functional groups attached to an aromatic ring is 1. The first-order valence-corrected chi connectivity index (χ1v) is 9.42. The second-order valence-corrected chi connectivity index (χ2v) is 7.38. The molecule has 1 aromatic heterocycles. The van der Waals surface area contributed by atoms with Gasteiger partial charge in [-0.3, -0.25) is 4.90 Å². The van der Waals surface area contributed by atoms with Gasteiger partial charge in [0.1, 0.15) is 5.82 Å². The highest BCUT2D eigenvalue weighted by Gasteiger charge is 2.38. The van der Waals surface area contributed by atoms with Gasteiger partial charge in [-0.25, -0.2) is 4.98 Å². The largest absolute Gasteiger partial charge is 0.368 e. The van der Waals surface area contributed by atoms with E-state index in [0.29, 0.717) is 5.95 Å². The molecular formula is C18H32N6. The van der Waals surface area contributed by atoms with Crippen molar-refractivity contribution < 1.29 is 0 Å². The Balaban J connectivity index is 1.74. The summed E-state index contributed by atoms with van der Waals surface area (Å²) in [5.74, 6) is 1.27. The number of hydrogen-bond acceptors (Lipinski definition) is 6. The molecule has 0 amide bonds. The smallest absolute Gasteiger partial charge is 0.221 e. The average Bonchev–Trinajstić information content (AvgIpc) is 2.61. The summed E-state index contributed by atoms with van der Waals surface area (Å²) in [4.78, 5) is 13.7. The lowest BCUT2D eigenvalue weighted by Gasteiger charge is -2.49. The van der Waals surface area contributed by atoms with Crippen molar-refractivity contribution in [2.75, 3.05) is 50.8 Å². The minimum Gasteiger partial charge on any atom is -0.368 e. The summed E-state index contributed by atoms with van der Waals surface area (Å²) in [5, 5.41) is 3.64. The summed E-state index contributed by atoms with van der Waals surface area (Å²) < 4.78 is 0. The van der Waals surface area contributed by atoms with Gasteiger partial charge < -0.3 is 16.0 Å². The summed E-state index contributed by atoms with van der Waals surface area (Å²) in [7, 11) is 2.22. The number of rotatable bonds is 5. The molecule has 1 aliphatic heterocycles. The van der Waals surface area contributed by atoms with Gasteiger partial charge in [0.2, 0.25) is 5.95 Å². The summed E-state index contributed by atoms with van der Waals surface area (Å²) in [6.45, 7) is 7.78. The molecule has 0 aromatic carbocycles. The fourth-order valence-electron chi connectivity index (χ4n) is 4.18. The van der Waals surface area contributed by atoms with Crippen LogP contribution in [-0.2, 0) is 6.42 Å². The van der Waals surface area contributed by atoms with E-state index in [9.17, 15) is 0 Å². The monoisotopic (exact) mass is 332 g/mol. The predicted molar refractivity (Wildman–Crippen MR) is 99.2 cm³/mol. The highest BCUT2D eigenvalue weighted by molar-refractivity contribution is 5.46. The molecule has 2 fully saturated rings. The van der Waals surface area contributed by atoms with Crippen LogP contribution in [0.3, 0.4) is 0 Å². The lowest BCUT2D eigenvalue weighted by Crippen LogP contribution is -2.60. The molecule has 2 heterocycles. The van der Waals surface area contributed by atoms with Crippen molar-refractivity contribution in [3.63, 3.8) is 0 Å². The second kappa shape index (κ2) is 7.66. The summed E-state index contributed by atoms with van der Waals surface area (Å²) in [6, 6.07) is 0. The third-order valence-corrected chi connectivity index (χ3v) is 5.81. The minimum absolute atomic E-state index is 0.268. The Hall–Kier alpha value is -1.40. The van der Waals surface area contributed by atoms with Crippen molar-refractivity contribution >= 4 is 11.8 Å². The van der Waals surface area contributed by atoms with Gasteiger partial charge in [0.05, 0.1) is 0 Å². The van der Waals surface area contributed by atoms with Crippen molar-refractivity contribution in [3.8, 4) is 0 Å². The van der Waals surface area contributed by atoms with Crippen molar-refractivity contribution in [1.29, 1.82) is 0 Å². The lowest BCUT2D eigenvalue weighted by atomic mass is 9.79. The molecule has 0 atom stereocenters. The van der Waals surface area contributed by atoms with Crippen LogP contribution in [0.15, 0.2) is 6.20 Å². The molecule has 0 unspecified atom stereocenters. The average molecular weight is 332 g/mol. The van der Waals surface area contributed by atoms with Crippen molar-refractivity contribution in [2.45, 2.75) is 51.0 Å². The maximum Gasteiger partial charge on any atom is 0.221 e. The molecule has 0 spiro atoms. The number of hydrogen-bond donors (Lipinski definition) is 2. The first-order chi connectivity index (χ1) is 11.6. The van der Waals surface area contributed by atoms with Crippen molar-refractivity contribution in [1.82, 2.24) is 19.8 Å². The van der Waals surface area contributed by atoms with Crippen molar-refractivity contribution in [3.05, 3.63) is 11.8 Å². The minimum atomic E-state index is 0.268. The van der Waals surface area contributed by atoms with E-state index in [1.54, 1.807) is 0 Å². The third kappa shape index (κ3) is 3.81. The van der Waals surface area contributed by atoms with Crippen LogP contribution in [0.25, 0.3) is 0 Å². The molecule has 6 heteroatoms. The Morgan fingerprint density at radius 3 is 2.54 bits per heavy atom. The van der Waals surface area contributed by atoms with Gasteiger partial charge in [0, 0.05) is 50.0 Å². The van der Waals surface area contributed by atoms with E-state index >= 15 is 0 Å². The zero-order valence-corrected chi connectivity index (χ0v) is 15.2. The molecule has 3 rings (SSSR count). The maximum absolute atomic E-state index is 5.80. The van der Waals surface area contributed by atoms with E-state index in [1.807, 2.05) is 6.20 Å². The molecule has 1 saturated carbocycles. The van der Waals surface area contributed by atoms with Crippen LogP contribution in [-0.4, -0.2) is 65.1 Å². The SMILES string of the molecule is CCc1cnc(N)nc1NCC1(N2CCN(C)CC2)CCCCC1. The normalized spacial score (nSPS) is 22.4. The fraction of sp³-hybridized carbons (Fsp3) is 0.778. The van der Waals surface area contributed by atoms with Gasteiger partial charge in [-0.15, -0.1) is 0 Å². The van der Waals surface area contributed by atoms with E-state index in [0.717, 1.165) is 24.3 Å². The maximum atomic E-state index is 5.80. The highest BCUT2D eigenvalue weighted by Crippen LogP contribution is 2.35. The number of piperazine rings is 1. The van der Waals surface area contributed by atoms with E-state index in [1.165, 1.54) is 58.3 Å². The Kier molecular flexibility index (Phi) is 5.56. The quantitative estimate of drug-likeness (QED) is 0.859. The molecule has 3 N–H and O–H groups in total. The Morgan fingerprint density at radius 2 is 1.88 bits per heavy atom. The van der Waals surface area contributed by atoms with Crippen LogP contribution in [0, 0.1) is 0 Å². The molecular weight excluding hydrogens is 300 g/mol. The van der Waals surface area contributed by atoms with E-state index in [-0.39, 0.29) is 5.54 Å². The molecule has 1 saturated heterocycles. The number of aromatic nitrogens is 2. The first kappa shape index (κ1) is 17.4. The molecule has 1 aliphatic carbocycles. The molecule has 6 nitrogen and oxygen atoms in total. The fourth-order valence-corrected chi connectivity index (χ4v) is 4.18. The van der Waals surface area contributed by atoms with Gasteiger partial charge in [0.15, 0.2) is 0 Å². The second-order valence-electron chi connectivity index (χ2n) is 7.38. The first-order valence-electron chi connectivity index (χ1n) is 9.42. The van der Waals surface area contributed by atoms with Gasteiger partial charge >= 0.3 is 0 Å². The topological polar surface area (TPSA) is 70.3 Å². The van der Waals surface area contributed by atoms with Crippen LogP contribution < -0.4 is 11.1 Å². The van der Waals surface area contributed by atoms with Crippen LogP contribution >= 0.6 is 0 Å². The summed E-state index contributed by atoms with van der Waals surface area (Å²) in [5.41, 5.74) is 7.22. The van der Waals surface area contributed by atoms with Gasteiger partial charge in [0.25, 0.3) is 0 Å². The Bertz CT molecular complexity index is 532. The molecule has 2 aliphatic rings. The molecule has 134 valence electrons. The number of nitrogens with zero attached hydrogens (tertiary/aromatic N) is 4. The molecule has 0 radical (unpaired) electrons. The van der Waals surface area contributed by atoms with Crippen LogP contribution in [0.2, 0.25) is 0 Å². The van der Waals surface area contributed by atoms with Crippen LogP contribution in [0.5, 0.6) is 0 Å². The number of likely N-dealkylation sites (N-methyl/N-ethyl adjacent to an activating group) is 1. The third-order valence-electron chi connectivity index (χ3n) is 5.81. The Labute approximate surface area is 145 Å². The molecule has 1 aromatic rings. The Morgan fingerprint density at radius 1 is 1.17 bits per heavy atom. The van der Waals surface area contributed by atoms with Crippen molar-refractivity contribution in [2.24, 2.45) is 0 Å². The molecule has 24 heavy (non-hydrogen) atoms. The van der Waals surface area contributed by atoms with Crippen LogP contribution in [0.1, 0.15) is 44.6 Å². The standard InChI is InChI=1S/C18H32N6/c1-3-15-13-20-17(19)22-16(15)21-14-18(7-5-4-6-8-18)24-11-9-23(2)10-12-24/h13H,3-12,14H2,1-2H3,(H3,19,20,21,22). The number of nitrogens with two attached hydrogens (primary N) is 1.